The Morgan fingerprint density at radius 2 is 0.829 bits per heavy atom. The maximum absolute atomic E-state index is 6.81. The Labute approximate surface area is 408 Å². The minimum absolute atomic E-state index is 0.142. The van der Waals surface area contributed by atoms with Crippen LogP contribution in [0, 0.1) is 0 Å². The highest BCUT2D eigenvalue weighted by Crippen LogP contribution is 2.59. The number of fused-ring (bicyclic) bond motifs is 11. The summed E-state index contributed by atoms with van der Waals surface area (Å²) in [6, 6.07) is 91.6. The Hall–Kier alpha value is -8.72. The molecule has 1 aromatic heterocycles. The number of para-hydroxylation sites is 1. The standard InChI is InChI=1S/C68H47NO/c1-67(2)58-29-13-11-24-56(58)64-60(67)31-17-33-62(64)69(50-41-36-46(37-42-50)53-27-15-28-54-55-43-38-44-18-9-10-23-52(44)66(55)70-65(53)54)49-39-34-45(35-40-49)51-26-16-32-61-63(51)57-25-12-14-30-59(57)68(61,47-19-5-3-6-20-47)48-21-7-4-8-22-48/h3-43H,1-2H3. The smallest absolute Gasteiger partial charge is 0.143 e. The second-order valence-electron chi connectivity index (χ2n) is 19.5. The lowest BCUT2D eigenvalue weighted by molar-refractivity contribution is 0.660. The van der Waals surface area contributed by atoms with Crippen molar-refractivity contribution in [2.24, 2.45) is 0 Å². The van der Waals surface area contributed by atoms with Crippen molar-refractivity contribution in [1.82, 2.24) is 0 Å². The minimum Gasteiger partial charge on any atom is -0.455 e. The highest BCUT2D eigenvalue weighted by molar-refractivity contribution is 6.17. The first-order valence-electron chi connectivity index (χ1n) is 24.4. The van der Waals surface area contributed by atoms with Crippen LogP contribution in [0.4, 0.5) is 17.1 Å². The van der Waals surface area contributed by atoms with Gasteiger partial charge in [0.2, 0.25) is 0 Å². The van der Waals surface area contributed by atoms with Gasteiger partial charge in [0.05, 0.1) is 11.1 Å². The molecule has 2 nitrogen and oxygen atoms in total. The lowest BCUT2D eigenvalue weighted by atomic mass is 9.67. The van der Waals surface area contributed by atoms with Gasteiger partial charge in [0.1, 0.15) is 11.2 Å². The van der Waals surface area contributed by atoms with Crippen molar-refractivity contribution < 1.29 is 4.42 Å². The van der Waals surface area contributed by atoms with Gasteiger partial charge in [-0.15, -0.1) is 0 Å². The second-order valence-corrected chi connectivity index (χ2v) is 19.5. The number of hydrogen-bond donors (Lipinski definition) is 0. The third-order valence-electron chi connectivity index (χ3n) is 15.6. The summed E-state index contributed by atoms with van der Waals surface area (Å²) >= 11 is 0. The number of hydrogen-bond acceptors (Lipinski definition) is 2. The van der Waals surface area contributed by atoms with Crippen LogP contribution in [0.3, 0.4) is 0 Å². The van der Waals surface area contributed by atoms with Crippen molar-refractivity contribution in [3.05, 3.63) is 282 Å². The van der Waals surface area contributed by atoms with E-state index < -0.39 is 5.41 Å². The largest absolute Gasteiger partial charge is 0.455 e. The van der Waals surface area contributed by atoms with E-state index in [1.165, 1.54) is 72.1 Å². The molecule has 2 aliphatic carbocycles. The Kier molecular flexibility index (Phi) is 8.88. The van der Waals surface area contributed by atoms with Crippen molar-refractivity contribution >= 4 is 49.8 Å². The summed E-state index contributed by atoms with van der Waals surface area (Å²) in [5.41, 5.74) is 22.2. The molecule has 0 saturated carbocycles. The summed E-state index contributed by atoms with van der Waals surface area (Å²) in [7, 11) is 0. The first-order chi connectivity index (χ1) is 34.5. The van der Waals surface area contributed by atoms with Crippen molar-refractivity contribution in [2.45, 2.75) is 24.7 Å². The maximum atomic E-state index is 6.81. The number of rotatable bonds is 7. The van der Waals surface area contributed by atoms with E-state index in [0.29, 0.717) is 0 Å². The van der Waals surface area contributed by atoms with Crippen molar-refractivity contribution in [1.29, 1.82) is 0 Å². The van der Waals surface area contributed by atoms with Crippen LogP contribution in [0.1, 0.15) is 47.2 Å². The molecule has 0 atom stereocenters. The van der Waals surface area contributed by atoms with Gasteiger partial charge in [-0.2, -0.15) is 0 Å². The van der Waals surface area contributed by atoms with Gasteiger partial charge < -0.3 is 9.32 Å². The summed E-state index contributed by atoms with van der Waals surface area (Å²) in [6.07, 6.45) is 0. The predicted octanol–water partition coefficient (Wildman–Crippen LogP) is 18.2. The zero-order valence-electron chi connectivity index (χ0n) is 39.0. The van der Waals surface area contributed by atoms with Crippen LogP contribution < -0.4 is 4.90 Å². The minimum atomic E-state index is -0.463. The van der Waals surface area contributed by atoms with Crippen LogP contribution in [0.15, 0.2) is 253 Å². The molecule has 1 heterocycles. The Balaban J connectivity index is 0.925. The Morgan fingerprint density at radius 3 is 1.54 bits per heavy atom. The topological polar surface area (TPSA) is 16.4 Å². The maximum Gasteiger partial charge on any atom is 0.143 e. The fraction of sp³-hybridized carbons (Fsp3) is 0.0588. The Bertz CT molecular complexity index is 3970. The van der Waals surface area contributed by atoms with Crippen LogP contribution >= 0.6 is 0 Å². The SMILES string of the molecule is CC1(C)c2ccccc2-c2c(N(c3ccc(-c4cccc5c4-c4ccccc4C5(c4ccccc4)c4ccccc4)cc3)c3ccc(-c4cccc5c4oc4c6ccccc6ccc54)cc3)cccc21. The normalized spacial score (nSPS) is 13.8. The van der Waals surface area contributed by atoms with E-state index in [9.17, 15) is 0 Å². The quantitative estimate of drug-likeness (QED) is 0.158. The van der Waals surface area contributed by atoms with Gasteiger partial charge in [-0.3, -0.25) is 0 Å². The zero-order valence-corrected chi connectivity index (χ0v) is 39.0. The van der Waals surface area contributed by atoms with Crippen LogP contribution in [0.2, 0.25) is 0 Å². The first kappa shape index (κ1) is 40.4. The summed E-state index contributed by atoms with van der Waals surface area (Å²) < 4.78 is 6.81. The van der Waals surface area contributed by atoms with Crippen LogP contribution in [0.5, 0.6) is 0 Å². The van der Waals surface area contributed by atoms with Gasteiger partial charge in [0, 0.05) is 44.1 Å². The molecule has 11 aromatic carbocycles. The van der Waals surface area contributed by atoms with Gasteiger partial charge in [-0.1, -0.05) is 226 Å². The molecular formula is C68H47NO. The van der Waals surface area contributed by atoms with E-state index in [4.69, 9.17) is 4.42 Å². The van der Waals surface area contributed by atoms with Gasteiger partial charge in [-0.25, -0.2) is 0 Å². The number of nitrogens with zero attached hydrogens (tertiary/aromatic N) is 1. The molecule has 70 heavy (non-hydrogen) atoms. The van der Waals surface area contributed by atoms with Crippen LogP contribution in [-0.4, -0.2) is 0 Å². The summed E-state index contributed by atoms with van der Waals surface area (Å²) in [6.45, 7) is 4.72. The van der Waals surface area contributed by atoms with E-state index in [2.05, 4.69) is 267 Å². The molecule has 0 bridgehead atoms. The van der Waals surface area contributed by atoms with Crippen molar-refractivity contribution in [3.63, 3.8) is 0 Å². The number of benzene rings is 11. The molecule has 2 heteroatoms. The van der Waals surface area contributed by atoms with E-state index in [1.807, 2.05) is 0 Å². The van der Waals surface area contributed by atoms with Crippen LogP contribution in [-0.2, 0) is 10.8 Å². The molecule has 0 saturated heterocycles. The zero-order chi connectivity index (χ0) is 46.6. The molecule has 0 radical (unpaired) electrons. The number of furan rings is 1. The fourth-order valence-electron chi connectivity index (χ4n) is 12.4. The summed E-state index contributed by atoms with van der Waals surface area (Å²) in [5.74, 6) is 0. The molecule has 0 unspecified atom stereocenters. The molecular weight excluding hydrogens is 847 g/mol. The van der Waals surface area contributed by atoms with E-state index in [-0.39, 0.29) is 5.41 Å². The molecule has 0 amide bonds. The monoisotopic (exact) mass is 893 g/mol. The number of anilines is 3. The lowest BCUT2D eigenvalue weighted by Crippen LogP contribution is -2.28. The Morgan fingerprint density at radius 1 is 0.329 bits per heavy atom. The van der Waals surface area contributed by atoms with Gasteiger partial charge >= 0.3 is 0 Å². The van der Waals surface area contributed by atoms with Crippen molar-refractivity contribution in [3.8, 4) is 44.5 Å². The van der Waals surface area contributed by atoms with E-state index in [0.717, 1.165) is 55.5 Å². The van der Waals surface area contributed by atoms with E-state index >= 15 is 0 Å². The van der Waals surface area contributed by atoms with Crippen LogP contribution in [0.25, 0.3) is 77.2 Å². The molecule has 14 rings (SSSR count). The van der Waals surface area contributed by atoms with E-state index in [1.54, 1.807) is 0 Å². The highest BCUT2D eigenvalue weighted by atomic mass is 16.3. The van der Waals surface area contributed by atoms with Gasteiger partial charge in [0.15, 0.2) is 0 Å². The molecule has 0 aliphatic heterocycles. The van der Waals surface area contributed by atoms with Gasteiger partial charge in [-0.05, 0) is 109 Å². The first-order valence-corrected chi connectivity index (χ1v) is 24.4. The summed E-state index contributed by atoms with van der Waals surface area (Å²) in [5, 5.41) is 4.58. The average Bonchev–Trinajstić information content (AvgIpc) is 4.04. The van der Waals surface area contributed by atoms with Crippen molar-refractivity contribution in [2.75, 3.05) is 4.90 Å². The average molecular weight is 894 g/mol. The molecule has 0 spiro atoms. The fourth-order valence-corrected chi connectivity index (χ4v) is 12.4. The molecule has 0 N–H and O–H groups in total. The molecule has 0 fully saturated rings. The second kappa shape index (κ2) is 15.4. The third-order valence-corrected chi connectivity index (χ3v) is 15.6. The lowest BCUT2D eigenvalue weighted by Gasteiger charge is -2.34. The van der Waals surface area contributed by atoms with Gasteiger partial charge in [0.25, 0.3) is 0 Å². The predicted molar refractivity (Wildman–Crippen MR) is 292 cm³/mol. The molecule has 12 aromatic rings. The highest BCUT2D eigenvalue weighted by Gasteiger charge is 2.47. The third kappa shape index (κ3) is 5.74. The summed E-state index contributed by atoms with van der Waals surface area (Å²) in [4.78, 5) is 2.46. The molecule has 2 aliphatic rings. The molecule has 330 valence electrons.